The van der Waals surface area contributed by atoms with Gasteiger partial charge >= 0.3 is 0 Å². The molecule has 1 unspecified atom stereocenters. The van der Waals surface area contributed by atoms with Crippen LogP contribution in [0.15, 0.2) is 93.9 Å². The summed E-state index contributed by atoms with van der Waals surface area (Å²) >= 11 is 4.68. The Hall–Kier alpha value is -3.34. The number of halogens is 1. The summed E-state index contributed by atoms with van der Waals surface area (Å²) in [5.41, 5.74) is 3.26. The number of amides is 2. The van der Waals surface area contributed by atoms with E-state index < -0.39 is 11.2 Å². The minimum Gasteiger partial charge on any atom is -0.321 e. The van der Waals surface area contributed by atoms with E-state index in [0.29, 0.717) is 22.8 Å². The normalized spacial score (nSPS) is 16.9. The van der Waals surface area contributed by atoms with Crippen LogP contribution in [0, 0.1) is 18.3 Å². The lowest BCUT2D eigenvalue weighted by Crippen LogP contribution is -2.31. The quantitative estimate of drug-likeness (QED) is 0.341. The molecule has 1 heterocycles. The van der Waals surface area contributed by atoms with Crippen molar-refractivity contribution >= 4 is 50.9 Å². The van der Waals surface area contributed by atoms with Crippen molar-refractivity contribution in [2.24, 2.45) is 0 Å². The summed E-state index contributed by atoms with van der Waals surface area (Å²) in [6.07, 6.45) is 0.506. The van der Waals surface area contributed by atoms with Gasteiger partial charge in [0.15, 0.2) is 0 Å². The monoisotopic (exact) mass is 517 g/mol. The summed E-state index contributed by atoms with van der Waals surface area (Å²) in [6.45, 7) is 2.01. The van der Waals surface area contributed by atoms with Crippen LogP contribution in [0.2, 0.25) is 0 Å². The Morgan fingerprint density at radius 3 is 2.39 bits per heavy atom. The highest BCUT2D eigenvalue weighted by Gasteiger charge is 2.41. The standard InChI is InChI=1S/C26H20BrN3O2S/c1-17-7-5-6-8-18(17)15-23-25(32)30(21-13-11-19(27)12-14-21)26(33-23)22(16-28)24(31)29-20-9-3-2-4-10-20/h2-14,23H,15H2,1H3,(H,29,31). The third kappa shape index (κ3) is 5.03. The number of carbonyl (C=O) groups is 2. The summed E-state index contributed by atoms with van der Waals surface area (Å²) in [7, 11) is 0. The molecule has 164 valence electrons. The maximum Gasteiger partial charge on any atom is 0.269 e. The van der Waals surface area contributed by atoms with Crippen molar-refractivity contribution in [1.82, 2.24) is 0 Å². The smallest absolute Gasteiger partial charge is 0.269 e. The highest BCUT2D eigenvalue weighted by molar-refractivity contribution is 9.10. The molecule has 33 heavy (non-hydrogen) atoms. The number of nitriles is 1. The number of carbonyl (C=O) groups excluding carboxylic acids is 2. The highest BCUT2D eigenvalue weighted by atomic mass is 79.9. The maximum atomic E-state index is 13.5. The van der Waals surface area contributed by atoms with E-state index in [1.165, 1.54) is 16.7 Å². The van der Waals surface area contributed by atoms with Crippen molar-refractivity contribution < 1.29 is 9.59 Å². The van der Waals surface area contributed by atoms with Gasteiger partial charge in [-0.15, -0.1) is 0 Å². The van der Waals surface area contributed by atoms with Crippen LogP contribution in [0.3, 0.4) is 0 Å². The van der Waals surface area contributed by atoms with Crippen molar-refractivity contribution in [3.05, 3.63) is 105 Å². The third-order valence-corrected chi connectivity index (χ3v) is 7.08. The van der Waals surface area contributed by atoms with Crippen LogP contribution in [0.4, 0.5) is 11.4 Å². The van der Waals surface area contributed by atoms with Gasteiger partial charge in [0, 0.05) is 15.8 Å². The average molecular weight is 518 g/mol. The molecule has 1 aliphatic rings. The number of hydrogen-bond acceptors (Lipinski definition) is 4. The Bertz CT molecular complexity index is 1270. The first-order chi connectivity index (χ1) is 16.0. The molecule has 1 fully saturated rings. The minimum absolute atomic E-state index is 0.0904. The van der Waals surface area contributed by atoms with Gasteiger partial charge < -0.3 is 5.32 Å². The lowest BCUT2D eigenvalue weighted by molar-refractivity contribution is -0.117. The molecule has 0 bridgehead atoms. The SMILES string of the molecule is Cc1ccccc1CC1SC(=C(C#N)C(=O)Nc2ccccc2)N(c2ccc(Br)cc2)C1=O. The summed E-state index contributed by atoms with van der Waals surface area (Å²) in [5.74, 6) is -0.696. The van der Waals surface area contributed by atoms with E-state index >= 15 is 0 Å². The van der Waals surface area contributed by atoms with Crippen molar-refractivity contribution in [2.45, 2.75) is 18.6 Å². The number of nitrogens with zero attached hydrogens (tertiary/aromatic N) is 2. The molecule has 4 rings (SSSR count). The van der Waals surface area contributed by atoms with Crippen LogP contribution in [0.5, 0.6) is 0 Å². The molecule has 3 aromatic rings. The van der Waals surface area contributed by atoms with Crippen LogP contribution >= 0.6 is 27.7 Å². The molecule has 5 nitrogen and oxygen atoms in total. The first-order valence-electron chi connectivity index (χ1n) is 10.3. The van der Waals surface area contributed by atoms with E-state index in [4.69, 9.17) is 0 Å². The number of hydrogen-bond donors (Lipinski definition) is 1. The molecule has 1 saturated heterocycles. The van der Waals surface area contributed by atoms with Gasteiger partial charge in [0.25, 0.3) is 5.91 Å². The van der Waals surface area contributed by atoms with E-state index in [2.05, 4.69) is 21.2 Å². The van der Waals surface area contributed by atoms with E-state index in [0.717, 1.165) is 15.6 Å². The molecule has 0 aromatic heterocycles. The van der Waals surface area contributed by atoms with Crippen LogP contribution in [-0.2, 0) is 16.0 Å². The second kappa shape index (κ2) is 10.1. The van der Waals surface area contributed by atoms with Gasteiger partial charge in [0.05, 0.1) is 5.25 Å². The zero-order chi connectivity index (χ0) is 23.4. The van der Waals surface area contributed by atoms with Crippen molar-refractivity contribution in [2.75, 3.05) is 10.2 Å². The molecule has 0 saturated carbocycles. The lowest BCUT2D eigenvalue weighted by Gasteiger charge is -2.19. The zero-order valence-electron chi connectivity index (χ0n) is 17.8. The minimum atomic E-state index is -0.544. The average Bonchev–Trinajstić information content (AvgIpc) is 3.12. The van der Waals surface area contributed by atoms with Crippen LogP contribution in [0.25, 0.3) is 0 Å². The second-order valence-corrected chi connectivity index (χ2v) is 9.61. The molecule has 1 aliphatic heterocycles. The number of rotatable bonds is 5. The fraction of sp³-hybridized carbons (Fsp3) is 0.115. The summed E-state index contributed by atoms with van der Waals surface area (Å²) in [6, 6.07) is 26.1. The van der Waals surface area contributed by atoms with Crippen LogP contribution < -0.4 is 10.2 Å². The van der Waals surface area contributed by atoms with Gasteiger partial charge in [-0.05, 0) is 60.9 Å². The van der Waals surface area contributed by atoms with Crippen LogP contribution in [-0.4, -0.2) is 17.1 Å². The Morgan fingerprint density at radius 2 is 1.73 bits per heavy atom. The number of nitrogens with one attached hydrogen (secondary N) is 1. The molecular formula is C26H20BrN3O2S. The van der Waals surface area contributed by atoms with Gasteiger partial charge in [-0.1, -0.05) is 70.2 Å². The Labute approximate surface area is 205 Å². The van der Waals surface area contributed by atoms with Gasteiger partial charge in [0.1, 0.15) is 16.7 Å². The molecule has 0 aliphatic carbocycles. The van der Waals surface area contributed by atoms with Crippen molar-refractivity contribution in [1.29, 1.82) is 5.26 Å². The van der Waals surface area contributed by atoms with Crippen LogP contribution in [0.1, 0.15) is 11.1 Å². The fourth-order valence-electron chi connectivity index (χ4n) is 3.57. The largest absolute Gasteiger partial charge is 0.321 e. The lowest BCUT2D eigenvalue weighted by atomic mass is 10.0. The van der Waals surface area contributed by atoms with E-state index in [-0.39, 0.29) is 11.5 Å². The zero-order valence-corrected chi connectivity index (χ0v) is 20.2. The van der Waals surface area contributed by atoms with Gasteiger partial charge in [-0.2, -0.15) is 5.26 Å². The predicted octanol–water partition coefficient (Wildman–Crippen LogP) is 5.82. The van der Waals surface area contributed by atoms with E-state index in [9.17, 15) is 14.9 Å². The van der Waals surface area contributed by atoms with Crippen molar-refractivity contribution in [3.8, 4) is 6.07 Å². The van der Waals surface area contributed by atoms with Crippen molar-refractivity contribution in [3.63, 3.8) is 0 Å². The Morgan fingerprint density at radius 1 is 1.06 bits per heavy atom. The first kappa shape index (κ1) is 22.8. The number of anilines is 2. The maximum absolute atomic E-state index is 13.5. The molecule has 3 aromatic carbocycles. The molecule has 7 heteroatoms. The van der Waals surface area contributed by atoms with E-state index in [1.54, 1.807) is 36.4 Å². The summed E-state index contributed by atoms with van der Waals surface area (Å²) in [5, 5.41) is 12.6. The molecule has 0 spiro atoms. The molecule has 0 radical (unpaired) electrons. The second-order valence-electron chi connectivity index (χ2n) is 7.50. The first-order valence-corrected chi connectivity index (χ1v) is 12.0. The van der Waals surface area contributed by atoms with E-state index in [1.807, 2.05) is 55.5 Å². The number of aryl methyl sites for hydroxylation is 1. The number of para-hydroxylation sites is 1. The molecule has 1 atom stereocenters. The predicted molar refractivity (Wildman–Crippen MR) is 136 cm³/mol. The fourth-order valence-corrected chi connectivity index (χ4v) is 5.13. The number of benzene rings is 3. The molecular weight excluding hydrogens is 498 g/mol. The Kier molecular flexibility index (Phi) is 6.97. The summed E-state index contributed by atoms with van der Waals surface area (Å²) < 4.78 is 0.870. The topological polar surface area (TPSA) is 73.2 Å². The Balaban J connectivity index is 1.74. The molecule has 2 amide bonds. The summed E-state index contributed by atoms with van der Waals surface area (Å²) in [4.78, 5) is 28.1. The van der Waals surface area contributed by atoms with Gasteiger partial charge in [0.2, 0.25) is 5.91 Å². The van der Waals surface area contributed by atoms with Gasteiger partial charge in [-0.25, -0.2) is 0 Å². The number of thioether (sulfide) groups is 1. The third-order valence-electron chi connectivity index (χ3n) is 5.29. The van der Waals surface area contributed by atoms with Gasteiger partial charge in [-0.3, -0.25) is 14.5 Å². The highest BCUT2D eigenvalue weighted by Crippen LogP contribution is 2.42. The molecule has 1 N–H and O–H groups in total.